The number of aryl methyl sites for hydroxylation is 1. The number of nitrogens with two attached hydrogens (primary N) is 1. The number of benzene rings is 2. The van der Waals surface area contributed by atoms with Gasteiger partial charge in [0, 0.05) is 10.6 Å². The number of nitrogens with one attached hydrogen (secondary N) is 1. The fraction of sp³-hybridized carbons (Fsp3) is 0.0625. The SMILES string of the molecule is Cc1cc(-c2[nH]nc(N)c2-c2ccc(F)cc2)ccc1Cl. The second-order valence-corrected chi connectivity index (χ2v) is 5.24. The van der Waals surface area contributed by atoms with Gasteiger partial charge >= 0.3 is 0 Å². The zero-order chi connectivity index (χ0) is 15.0. The Labute approximate surface area is 126 Å². The number of nitrogen functional groups attached to an aromatic ring is 1. The van der Waals surface area contributed by atoms with E-state index in [1.807, 2.05) is 25.1 Å². The van der Waals surface area contributed by atoms with E-state index in [0.29, 0.717) is 10.8 Å². The number of nitrogens with zero attached hydrogens (tertiary/aromatic N) is 1. The van der Waals surface area contributed by atoms with Gasteiger partial charge in [-0.05, 0) is 42.3 Å². The van der Waals surface area contributed by atoms with Crippen LogP contribution in [0.2, 0.25) is 5.02 Å². The summed E-state index contributed by atoms with van der Waals surface area (Å²) >= 11 is 6.06. The molecule has 5 heteroatoms. The van der Waals surface area contributed by atoms with Crippen LogP contribution in [0.1, 0.15) is 5.56 Å². The second kappa shape index (κ2) is 5.22. The van der Waals surface area contributed by atoms with Gasteiger partial charge < -0.3 is 5.73 Å². The Bertz CT molecular complexity index is 794. The quantitative estimate of drug-likeness (QED) is 0.736. The van der Waals surface area contributed by atoms with E-state index in [2.05, 4.69) is 10.2 Å². The minimum absolute atomic E-state index is 0.287. The van der Waals surface area contributed by atoms with Crippen LogP contribution < -0.4 is 5.73 Å². The molecule has 3 N–H and O–H groups in total. The maximum atomic E-state index is 13.1. The molecule has 0 spiro atoms. The fourth-order valence-corrected chi connectivity index (χ4v) is 2.39. The normalized spacial score (nSPS) is 10.8. The summed E-state index contributed by atoms with van der Waals surface area (Å²) in [6.45, 7) is 1.93. The first-order chi connectivity index (χ1) is 10.1. The van der Waals surface area contributed by atoms with Crippen LogP contribution in [0.5, 0.6) is 0 Å². The Kier molecular flexibility index (Phi) is 3.39. The fourth-order valence-electron chi connectivity index (χ4n) is 2.27. The van der Waals surface area contributed by atoms with Gasteiger partial charge in [-0.1, -0.05) is 29.8 Å². The van der Waals surface area contributed by atoms with E-state index in [1.165, 1.54) is 12.1 Å². The second-order valence-electron chi connectivity index (χ2n) is 4.83. The standard InChI is InChI=1S/C16H13ClFN3/c1-9-8-11(4-7-13(9)17)15-14(16(19)21-20-15)10-2-5-12(18)6-3-10/h2-8H,1H3,(H3,19,20,21). The highest BCUT2D eigenvalue weighted by Crippen LogP contribution is 2.35. The molecule has 0 saturated heterocycles. The lowest BCUT2D eigenvalue weighted by Gasteiger charge is -2.06. The lowest BCUT2D eigenvalue weighted by atomic mass is 10.00. The van der Waals surface area contributed by atoms with E-state index in [0.717, 1.165) is 27.9 Å². The largest absolute Gasteiger partial charge is 0.382 e. The van der Waals surface area contributed by atoms with Crippen molar-refractivity contribution < 1.29 is 4.39 Å². The molecule has 0 aliphatic carbocycles. The van der Waals surface area contributed by atoms with Crippen LogP contribution in [0.4, 0.5) is 10.2 Å². The Hall–Kier alpha value is -2.33. The lowest BCUT2D eigenvalue weighted by Crippen LogP contribution is -1.89. The van der Waals surface area contributed by atoms with Crippen molar-refractivity contribution in [3.8, 4) is 22.4 Å². The van der Waals surface area contributed by atoms with Gasteiger partial charge in [0.2, 0.25) is 0 Å². The van der Waals surface area contributed by atoms with Crippen molar-refractivity contribution in [3.05, 3.63) is 58.9 Å². The number of hydrogen-bond donors (Lipinski definition) is 2. The molecule has 0 atom stereocenters. The number of aromatic amines is 1. The molecule has 1 aromatic heterocycles. The molecule has 3 nitrogen and oxygen atoms in total. The van der Waals surface area contributed by atoms with Gasteiger partial charge in [0.25, 0.3) is 0 Å². The number of hydrogen-bond acceptors (Lipinski definition) is 2. The van der Waals surface area contributed by atoms with Crippen molar-refractivity contribution in [3.63, 3.8) is 0 Å². The average molecular weight is 302 g/mol. The smallest absolute Gasteiger partial charge is 0.153 e. The molecule has 2 aromatic carbocycles. The van der Waals surface area contributed by atoms with Crippen LogP contribution in [0.15, 0.2) is 42.5 Å². The Morgan fingerprint density at radius 3 is 2.43 bits per heavy atom. The molecule has 3 rings (SSSR count). The molecule has 0 fully saturated rings. The molecular weight excluding hydrogens is 289 g/mol. The van der Waals surface area contributed by atoms with Crippen molar-refractivity contribution in [1.29, 1.82) is 0 Å². The van der Waals surface area contributed by atoms with Crippen LogP contribution in [-0.4, -0.2) is 10.2 Å². The molecule has 0 bridgehead atoms. The van der Waals surface area contributed by atoms with Crippen molar-refractivity contribution in [1.82, 2.24) is 10.2 Å². The van der Waals surface area contributed by atoms with Crippen molar-refractivity contribution >= 4 is 17.4 Å². The van der Waals surface area contributed by atoms with Crippen LogP contribution in [0, 0.1) is 12.7 Å². The summed E-state index contributed by atoms with van der Waals surface area (Å²) in [5, 5.41) is 7.71. The highest BCUT2D eigenvalue weighted by Gasteiger charge is 2.15. The zero-order valence-electron chi connectivity index (χ0n) is 11.3. The van der Waals surface area contributed by atoms with E-state index < -0.39 is 0 Å². The summed E-state index contributed by atoms with van der Waals surface area (Å²) in [4.78, 5) is 0. The van der Waals surface area contributed by atoms with Crippen LogP contribution >= 0.6 is 11.6 Å². The molecule has 0 aliphatic heterocycles. The zero-order valence-corrected chi connectivity index (χ0v) is 12.1. The lowest BCUT2D eigenvalue weighted by molar-refractivity contribution is 0.628. The maximum Gasteiger partial charge on any atom is 0.153 e. The number of anilines is 1. The third-order valence-electron chi connectivity index (χ3n) is 3.37. The van der Waals surface area contributed by atoms with Crippen LogP contribution in [0.25, 0.3) is 22.4 Å². The molecule has 0 aliphatic rings. The first-order valence-electron chi connectivity index (χ1n) is 6.42. The topological polar surface area (TPSA) is 54.7 Å². The molecule has 21 heavy (non-hydrogen) atoms. The number of halogens is 2. The van der Waals surface area contributed by atoms with Crippen molar-refractivity contribution in [2.75, 3.05) is 5.73 Å². The van der Waals surface area contributed by atoms with Crippen molar-refractivity contribution in [2.24, 2.45) is 0 Å². The van der Waals surface area contributed by atoms with E-state index >= 15 is 0 Å². The minimum atomic E-state index is -0.287. The molecular formula is C16H13ClFN3. The summed E-state index contributed by atoms with van der Waals surface area (Å²) in [6.07, 6.45) is 0. The van der Waals surface area contributed by atoms with E-state index in [-0.39, 0.29) is 5.82 Å². The van der Waals surface area contributed by atoms with Gasteiger partial charge in [-0.25, -0.2) is 4.39 Å². The summed E-state index contributed by atoms with van der Waals surface area (Å²) in [6, 6.07) is 11.9. The number of H-pyrrole nitrogens is 1. The van der Waals surface area contributed by atoms with E-state index in [9.17, 15) is 4.39 Å². The van der Waals surface area contributed by atoms with Gasteiger partial charge in [-0.2, -0.15) is 5.10 Å². The van der Waals surface area contributed by atoms with Crippen LogP contribution in [-0.2, 0) is 0 Å². The van der Waals surface area contributed by atoms with Gasteiger partial charge in [0.15, 0.2) is 5.82 Å². The Balaban J connectivity index is 2.16. The predicted octanol–water partition coefficient (Wildman–Crippen LogP) is 4.43. The van der Waals surface area contributed by atoms with E-state index in [4.69, 9.17) is 17.3 Å². The summed E-state index contributed by atoms with van der Waals surface area (Å²) in [5.41, 5.74) is 10.2. The summed E-state index contributed by atoms with van der Waals surface area (Å²) < 4.78 is 13.1. The molecule has 1 heterocycles. The van der Waals surface area contributed by atoms with Gasteiger partial charge in [0.05, 0.1) is 11.3 Å². The highest BCUT2D eigenvalue weighted by atomic mass is 35.5. The van der Waals surface area contributed by atoms with Gasteiger partial charge in [-0.15, -0.1) is 0 Å². The van der Waals surface area contributed by atoms with E-state index in [1.54, 1.807) is 12.1 Å². The molecule has 106 valence electrons. The number of aromatic nitrogens is 2. The first-order valence-corrected chi connectivity index (χ1v) is 6.80. The maximum absolute atomic E-state index is 13.1. The summed E-state index contributed by atoms with van der Waals surface area (Å²) in [5.74, 6) is 0.0916. The van der Waals surface area contributed by atoms with Gasteiger partial charge in [0.1, 0.15) is 5.82 Å². The first kappa shape index (κ1) is 13.6. The third kappa shape index (κ3) is 2.50. The monoisotopic (exact) mass is 301 g/mol. The predicted molar refractivity (Wildman–Crippen MR) is 83.6 cm³/mol. The minimum Gasteiger partial charge on any atom is -0.382 e. The Morgan fingerprint density at radius 1 is 1.10 bits per heavy atom. The summed E-state index contributed by atoms with van der Waals surface area (Å²) in [7, 11) is 0. The molecule has 0 saturated carbocycles. The average Bonchev–Trinajstić information content (AvgIpc) is 2.85. The molecule has 0 radical (unpaired) electrons. The third-order valence-corrected chi connectivity index (χ3v) is 3.80. The number of rotatable bonds is 2. The van der Waals surface area contributed by atoms with Crippen molar-refractivity contribution in [2.45, 2.75) is 6.92 Å². The van der Waals surface area contributed by atoms with Crippen LogP contribution in [0.3, 0.4) is 0 Å². The highest BCUT2D eigenvalue weighted by molar-refractivity contribution is 6.31. The van der Waals surface area contributed by atoms with Gasteiger partial charge in [-0.3, -0.25) is 5.10 Å². The Morgan fingerprint density at radius 2 is 1.76 bits per heavy atom. The molecule has 0 unspecified atom stereocenters. The molecule has 3 aromatic rings. The molecule has 0 amide bonds.